The van der Waals surface area contributed by atoms with Gasteiger partial charge in [0.25, 0.3) is 5.91 Å². The van der Waals surface area contributed by atoms with Crippen LogP contribution in [0.4, 0.5) is 5.69 Å². The van der Waals surface area contributed by atoms with Crippen molar-refractivity contribution < 1.29 is 19.4 Å². The highest BCUT2D eigenvalue weighted by molar-refractivity contribution is 5.96. The molecule has 0 fully saturated rings. The highest BCUT2D eigenvalue weighted by atomic mass is 16.5. The molecule has 0 saturated heterocycles. The van der Waals surface area contributed by atoms with E-state index in [4.69, 9.17) is 5.73 Å². The van der Waals surface area contributed by atoms with E-state index in [0.29, 0.717) is 11.3 Å². The summed E-state index contributed by atoms with van der Waals surface area (Å²) in [4.78, 5) is 22.6. The molecule has 0 aliphatic rings. The van der Waals surface area contributed by atoms with E-state index >= 15 is 0 Å². The van der Waals surface area contributed by atoms with Crippen molar-refractivity contribution in [1.29, 1.82) is 0 Å². The van der Waals surface area contributed by atoms with Gasteiger partial charge in [0.2, 0.25) is 0 Å². The molecule has 1 rings (SSSR count). The maximum absolute atomic E-state index is 11.3. The maximum Gasteiger partial charge on any atom is 0.337 e. The molecular weight excluding hydrogens is 224 g/mol. The minimum absolute atomic E-state index is 0.164. The summed E-state index contributed by atoms with van der Waals surface area (Å²) in [6, 6.07) is 6.19. The van der Waals surface area contributed by atoms with E-state index in [2.05, 4.69) is 10.1 Å². The van der Waals surface area contributed by atoms with E-state index in [-0.39, 0.29) is 6.54 Å². The van der Waals surface area contributed by atoms with Crippen LogP contribution in [0, 0.1) is 0 Å². The third kappa shape index (κ3) is 3.54. The van der Waals surface area contributed by atoms with Crippen molar-refractivity contribution in [3.05, 3.63) is 29.8 Å². The SMILES string of the molecule is COC(=O)c1cccc(NC(=O)C(O)CN)c1. The summed E-state index contributed by atoms with van der Waals surface area (Å²) >= 11 is 0. The Labute approximate surface area is 98.4 Å². The smallest absolute Gasteiger partial charge is 0.337 e. The summed E-state index contributed by atoms with van der Waals surface area (Å²) in [5.41, 5.74) is 5.85. The molecule has 1 aromatic carbocycles. The van der Waals surface area contributed by atoms with Crippen LogP contribution >= 0.6 is 0 Å². The molecule has 4 N–H and O–H groups in total. The number of esters is 1. The van der Waals surface area contributed by atoms with Crippen LogP contribution in [-0.4, -0.2) is 36.7 Å². The number of nitrogens with two attached hydrogens (primary N) is 1. The van der Waals surface area contributed by atoms with Crippen molar-refractivity contribution in [3.8, 4) is 0 Å². The molecule has 0 bridgehead atoms. The van der Waals surface area contributed by atoms with Gasteiger partial charge in [-0.05, 0) is 18.2 Å². The van der Waals surface area contributed by atoms with Crippen molar-refractivity contribution >= 4 is 17.6 Å². The standard InChI is InChI=1S/C11H14N2O4/c1-17-11(16)7-3-2-4-8(5-7)13-10(15)9(14)6-12/h2-5,9,14H,6,12H2,1H3,(H,13,15). The fourth-order valence-electron chi connectivity index (χ4n) is 1.17. The summed E-state index contributed by atoms with van der Waals surface area (Å²) in [7, 11) is 1.27. The molecular formula is C11H14N2O4. The summed E-state index contributed by atoms with van der Waals surface area (Å²) < 4.78 is 4.54. The molecule has 92 valence electrons. The van der Waals surface area contributed by atoms with Gasteiger partial charge in [-0.3, -0.25) is 4.79 Å². The van der Waals surface area contributed by atoms with E-state index in [0.717, 1.165) is 0 Å². The van der Waals surface area contributed by atoms with E-state index in [9.17, 15) is 14.7 Å². The average molecular weight is 238 g/mol. The lowest BCUT2D eigenvalue weighted by atomic mass is 10.2. The number of hydrogen-bond acceptors (Lipinski definition) is 5. The number of carbonyl (C=O) groups excluding carboxylic acids is 2. The number of aliphatic hydroxyl groups is 1. The highest BCUT2D eigenvalue weighted by Gasteiger charge is 2.13. The number of ether oxygens (including phenoxy) is 1. The van der Waals surface area contributed by atoms with Gasteiger partial charge in [0.15, 0.2) is 0 Å². The van der Waals surface area contributed by atoms with Crippen LogP contribution in [0.2, 0.25) is 0 Å². The molecule has 0 spiro atoms. The zero-order valence-electron chi connectivity index (χ0n) is 9.34. The van der Waals surface area contributed by atoms with Crippen LogP contribution in [0.3, 0.4) is 0 Å². The number of methoxy groups -OCH3 is 1. The third-order valence-electron chi connectivity index (χ3n) is 2.08. The first-order valence-electron chi connectivity index (χ1n) is 4.96. The third-order valence-corrected chi connectivity index (χ3v) is 2.08. The topological polar surface area (TPSA) is 102 Å². The Morgan fingerprint density at radius 1 is 1.53 bits per heavy atom. The minimum atomic E-state index is -1.27. The lowest BCUT2D eigenvalue weighted by molar-refractivity contribution is -0.123. The first-order chi connectivity index (χ1) is 8.08. The van der Waals surface area contributed by atoms with Crippen molar-refractivity contribution in [2.24, 2.45) is 5.73 Å². The molecule has 0 radical (unpaired) electrons. The Hall–Kier alpha value is -1.92. The number of rotatable bonds is 4. The highest BCUT2D eigenvalue weighted by Crippen LogP contribution is 2.11. The van der Waals surface area contributed by atoms with E-state index in [1.165, 1.54) is 13.2 Å². The number of aliphatic hydroxyl groups excluding tert-OH is 1. The fraction of sp³-hybridized carbons (Fsp3) is 0.273. The molecule has 0 heterocycles. The van der Waals surface area contributed by atoms with Gasteiger partial charge in [-0.25, -0.2) is 4.79 Å². The van der Waals surface area contributed by atoms with Crippen LogP contribution in [0.15, 0.2) is 24.3 Å². The van der Waals surface area contributed by atoms with E-state index in [1.54, 1.807) is 18.2 Å². The molecule has 1 atom stereocenters. The van der Waals surface area contributed by atoms with Gasteiger partial charge in [-0.1, -0.05) is 6.07 Å². The first kappa shape index (κ1) is 13.1. The minimum Gasteiger partial charge on any atom is -0.465 e. The number of nitrogens with one attached hydrogen (secondary N) is 1. The summed E-state index contributed by atoms with van der Waals surface area (Å²) in [6.07, 6.45) is -1.27. The number of benzene rings is 1. The molecule has 1 aromatic rings. The van der Waals surface area contributed by atoms with Crippen molar-refractivity contribution in [2.45, 2.75) is 6.10 Å². The molecule has 0 saturated carbocycles. The van der Waals surface area contributed by atoms with Gasteiger partial charge in [0.1, 0.15) is 6.10 Å². The number of hydrogen-bond donors (Lipinski definition) is 3. The van der Waals surface area contributed by atoms with Crippen LogP contribution in [-0.2, 0) is 9.53 Å². The van der Waals surface area contributed by atoms with Crippen LogP contribution in [0.1, 0.15) is 10.4 Å². The van der Waals surface area contributed by atoms with Gasteiger partial charge in [-0.2, -0.15) is 0 Å². The first-order valence-corrected chi connectivity index (χ1v) is 4.96. The lowest BCUT2D eigenvalue weighted by Gasteiger charge is -2.09. The Balaban J connectivity index is 2.79. The molecule has 6 nitrogen and oxygen atoms in total. The van der Waals surface area contributed by atoms with Gasteiger partial charge >= 0.3 is 5.97 Å². The number of anilines is 1. The van der Waals surface area contributed by atoms with Gasteiger partial charge in [0, 0.05) is 12.2 Å². The van der Waals surface area contributed by atoms with Crippen LogP contribution < -0.4 is 11.1 Å². The summed E-state index contributed by atoms with van der Waals surface area (Å²) in [6.45, 7) is -0.164. The zero-order chi connectivity index (χ0) is 12.8. The normalized spacial score (nSPS) is 11.7. The molecule has 17 heavy (non-hydrogen) atoms. The second kappa shape index (κ2) is 5.97. The zero-order valence-corrected chi connectivity index (χ0v) is 9.34. The molecule has 1 amide bonds. The molecule has 1 unspecified atom stereocenters. The average Bonchev–Trinajstić information content (AvgIpc) is 2.37. The molecule has 0 aromatic heterocycles. The van der Waals surface area contributed by atoms with Crippen molar-refractivity contribution in [3.63, 3.8) is 0 Å². The molecule has 6 heteroatoms. The maximum atomic E-state index is 11.3. The van der Waals surface area contributed by atoms with Crippen molar-refractivity contribution in [2.75, 3.05) is 19.0 Å². The monoisotopic (exact) mass is 238 g/mol. The predicted molar refractivity (Wildman–Crippen MR) is 61.5 cm³/mol. The number of amides is 1. The van der Waals surface area contributed by atoms with Crippen molar-refractivity contribution in [1.82, 2.24) is 0 Å². The van der Waals surface area contributed by atoms with Gasteiger partial charge in [-0.15, -0.1) is 0 Å². The second-order valence-corrected chi connectivity index (χ2v) is 3.31. The Morgan fingerprint density at radius 2 is 2.24 bits per heavy atom. The predicted octanol–water partition coefficient (Wildman–Crippen LogP) is -0.269. The number of carbonyl (C=O) groups is 2. The Morgan fingerprint density at radius 3 is 2.82 bits per heavy atom. The summed E-state index contributed by atoms with van der Waals surface area (Å²) in [5.74, 6) is -1.12. The molecule has 0 aliphatic carbocycles. The largest absolute Gasteiger partial charge is 0.465 e. The molecule has 0 aliphatic heterocycles. The summed E-state index contributed by atoms with van der Waals surface area (Å²) in [5, 5.41) is 11.6. The fourth-order valence-corrected chi connectivity index (χ4v) is 1.17. The quantitative estimate of drug-likeness (QED) is 0.627. The van der Waals surface area contributed by atoms with E-state index < -0.39 is 18.0 Å². The Kier molecular flexibility index (Phi) is 4.62. The van der Waals surface area contributed by atoms with Gasteiger partial charge in [0.05, 0.1) is 12.7 Å². The van der Waals surface area contributed by atoms with Crippen LogP contribution in [0.25, 0.3) is 0 Å². The van der Waals surface area contributed by atoms with E-state index in [1.807, 2.05) is 0 Å². The Bertz CT molecular complexity index is 420. The van der Waals surface area contributed by atoms with Crippen LogP contribution in [0.5, 0.6) is 0 Å². The second-order valence-electron chi connectivity index (χ2n) is 3.31. The van der Waals surface area contributed by atoms with Gasteiger partial charge < -0.3 is 20.9 Å². The lowest BCUT2D eigenvalue weighted by Crippen LogP contribution is -2.34.